The van der Waals surface area contributed by atoms with E-state index in [-0.39, 0.29) is 49.6 Å². The summed E-state index contributed by atoms with van der Waals surface area (Å²) in [5.74, 6) is 1.10. The van der Waals surface area contributed by atoms with Gasteiger partial charge in [0.15, 0.2) is 11.5 Å². The Hall–Kier alpha value is -3.55. The van der Waals surface area contributed by atoms with Crippen LogP contribution in [0, 0.1) is 5.92 Å². The van der Waals surface area contributed by atoms with Crippen LogP contribution in [-0.2, 0) is 21.2 Å². The van der Waals surface area contributed by atoms with Crippen LogP contribution in [0.5, 0.6) is 17.2 Å². The van der Waals surface area contributed by atoms with Gasteiger partial charge >= 0.3 is 6.09 Å². The molecule has 0 aromatic heterocycles. The zero-order valence-electron chi connectivity index (χ0n) is 22.1. The van der Waals surface area contributed by atoms with E-state index >= 15 is 0 Å². The maximum absolute atomic E-state index is 13.5. The predicted octanol–water partition coefficient (Wildman–Crippen LogP) is 1.82. The standard InChI is InChI=1S/C26H35N3O9S/c1-17(2)14-29(39(34,35)21-8-9-24-25(13-21)38-16-37-24)15-23(31)22(28-26(32)33)12-19-4-6-20(7-5-19)36-11-10-27-18(3)30/h4-9,13,17,22-23,28,31H,10-12,14-16H2,1-3H3,(H,27,30)(H,32,33)/t22-,23+/m0/s1. The number of sulfonamides is 1. The van der Waals surface area contributed by atoms with Crippen LogP contribution in [0.1, 0.15) is 26.3 Å². The van der Waals surface area contributed by atoms with Gasteiger partial charge in [-0.3, -0.25) is 4.79 Å². The highest BCUT2D eigenvalue weighted by Crippen LogP contribution is 2.34. The summed E-state index contributed by atoms with van der Waals surface area (Å²) in [6.07, 6.45) is -2.58. The Morgan fingerprint density at radius 2 is 1.77 bits per heavy atom. The van der Waals surface area contributed by atoms with Gasteiger partial charge < -0.3 is 35.1 Å². The minimum absolute atomic E-state index is 0.0000275. The number of carbonyl (C=O) groups is 2. The molecule has 12 nitrogen and oxygen atoms in total. The average Bonchev–Trinajstić information content (AvgIpc) is 3.34. The maximum Gasteiger partial charge on any atom is 0.404 e. The lowest BCUT2D eigenvalue weighted by molar-refractivity contribution is -0.119. The summed E-state index contributed by atoms with van der Waals surface area (Å²) < 4.78 is 44.4. The van der Waals surface area contributed by atoms with Gasteiger partial charge in [0.1, 0.15) is 12.4 Å². The monoisotopic (exact) mass is 565 g/mol. The number of nitrogens with zero attached hydrogens (tertiary/aromatic N) is 1. The third-order valence-electron chi connectivity index (χ3n) is 5.84. The molecule has 4 N–H and O–H groups in total. The Labute approximate surface area is 227 Å². The number of hydrogen-bond donors (Lipinski definition) is 4. The summed E-state index contributed by atoms with van der Waals surface area (Å²) in [7, 11) is -4.05. The topological polar surface area (TPSA) is 164 Å². The Kier molecular flexibility index (Phi) is 10.4. The van der Waals surface area contributed by atoms with Gasteiger partial charge in [0, 0.05) is 26.1 Å². The van der Waals surface area contributed by atoms with Crippen LogP contribution in [0.25, 0.3) is 0 Å². The first kappa shape index (κ1) is 30.0. The highest BCUT2D eigenvalue weighted by Gasteiger charge is 2.32. The SMILES string of the molecule is CC(=O)NCCOc1ccc(C[C@H](NC(=O)O)[C@H](O)CN(CC(C)C)S(=O)(=O)c2ccc3c(c2)OCO3)cc1. The number of fused-ring (bicyclic) bond motifs is 1. The second-order valence-electron chi connectivity index (χ2n) is 9.53. The summed E-state index contributed by atoms with van der Waals surface area (Å²) in [4.78, 5) is 22.4. The van der Waals surface area contributed by atoms with Crippen LogP contribution >= 0.6 is 0 Å². The van der Waals surface area contributed by atoms with Crippen LogP contribution < -0.4 is 24.8 Å². The summed E-state index contributed by atoms with van der Waals surface area (Å²) in [5.41, 5.74) is 0.705. The van der Waals surface area contributed by atoms with Crippen molar-refractivity contribution in [3.8, 4) is 17.2 Å². The highest BCUT2D eigenvalue weighted by atomic mass is 32.2. The van der Waals surface area contributed by atoms with Crippen molar-refractivity contribution in [1.82, 2.24) is 14.9 Å². The summed E-state index contributed by atoms with van der Waals surface area (Å²) in [6, 6.07) is 10.2. The molecule has 0 spiro atoms. The van der Waals surface area contributed by atoms with Gasteiger partial charge in [-0.1, -0.05) is 26.0 Å². The Morgan fingerprint density at radius 1 is 1.08 bits per heavy atom. The van der Waals surface area contributed by atoms with Crippen LogP contribution in [0.2, 0.25) is 0 Å². The molecule has 1 aliphatic heterocycles. The zero-order chi connectivity index (χ0) is 28.6. The van der Waals surface area contributed by atoms with Crippen molar-refractivity contribution in [2.45, 2.75) is 44.2 Å². The van der Waals surface area contributed by atoms with E-state index in [1.54, 1.807) is 24.3 Å². The molecule has 0 saturated carbocycles. The lowest BCUT2D eigenvalue weighted by atomic mass is 10.0. The second-order valence-corrected chi connectivity index (χ2v) is 11.5. The van der Waals surface area contributed by atoms with Crippen molar-refractivity contribution in [2.24, 2.45) is 5.92 Å². The van der Waals surface area contributed by atoms with Gasteiger partial charge in [-0.15, -0.1) is 0 Å². The van der Waals surface area contributed by atoms with Gasteiger partial charge in [-0.25, -0.2) is 13.2 Å². The fourth-order valence-electron chi connectivity index (χ4n) is 4.01. The molecule has 2 aromatic rings. The number of aliphatic hydroxyl groups excluding tert-OH is 1. The normalized spacial score (nSPS) is 14.2. The molecule has 2 amide bonds. The van der Waals surface area contributed by atoms with Crippen molar-refractivity contribution in [2.75, 3.05) is 33.0 Å². The van der Waals surface area contributed by atoms with E-state index in [0.717, 1.165) is 4.31 Å². The fourth-order valence-corrected chi connectivity index (χ4v) is 5.65. The summed E-state index contributed by atoms with van der Waals surface area (Å²) in [5, 5.41) is 25.4. The minimum Gasteiger partial charge on any atom is -0.492 e. The van der Waals surface area contributed by atoms with E-state index in [0.29, 0.717) is 29.4 Å². The number of carboxylic acid groups (broad SMARTS) is 1. The number of hydrogen-bond acceptors (Lipinski definition) is 8. The molecule has 214 valence electrons. The molecule has 0 radical (unpaired) electrons. The number of benzene rings is 2. The molecule has 2 atom stereocenters. The van der Waals surface area contributed by atoms with Crippen LogP contribution in [0.4, 0.5) is 4.79 Å². The van der Waals surface area contributed by atoms with E-state index in [4.69, 9.17) is 14.2 Å². The first-order valence-electron chi connectivity index (χ1n) is 12.5. The molecule has 39 heavy (non-hydrogen) atoms. The number of rotatable bonds is 14. The predicted molar refractivity (Wildman–Crippen MR) is 141 cm³/mol. The van der Waals surface area contributed by atoms with Crippen molar-refractivity contribution >= 4 is 22.0 Å². The lowest BCUT2D eigenvalue weighted by Gasteiger charge is -2.30. The molecular weight excluding hydrogens is 530 g/mol. The van der Waals surface area contributed by atoms with Crippen LogP contribution in [0.15, 0.2) is 47.4 Å². The van der Waals surface area contributed by atoms with Gasteiger partial charge in [-0.05, 0) is 42.2 Å². The first-order valence-corrected chi connectivity index (χ1v) is 13.9. The van der Waals surface area contributed by atoms with Gasteiger partial charge in [-0.2, -0.15) is 4.31 Å². The Bertz CT molecular complexity index is 1240. The number of nitrogens with one attached hydrogen (secondary N) is 2. The average molecular weight is 566 g/mol. The van der Waals surface area contributed by atoms with E-state index in [1.807, 2.05) is 13.8 Å². The Balaban J connectivity index is 1.73. The zero-order valence-corrected chi connectivity index (χ0v) is 22.9. The number of aliphatic hydroxyl groups is 1. The first-order chi connectivity index (χ1) is 18.5. The van der Waals surface area contributed by atoms with E-state index in [2.05, 4.69) is 10.6 Å². The molecule has 3 rings (SSSR count). The van der Waals surface area contributed by atoms with Crippen molar-refractivity contribution < 1.29 is 42.4 Å². The molecular formula is C26H35N3O9S. The molecule has 0 unspecified atom stereocenters. The molecule has 13 heteroatoms. The molecule has 0 bridgehead atoms. The third kappa shape index (κ3) is 8.73. The molecule has 0 fully saturated rings. The summed E-state index contributed by atoms with van der Waals surface area (Å²) >= 11 is 0. The number of carbonyl (C=O) groups excluding carboxylic acids is 1. The molecule has 1 heterocycles. The highest BCUT2D eigenvalue weighted by molar-refractivity contribution is 7.89. The van der Waals surface area contributed by atoms with Crippen molar-refractivity contribution in [3.63, 3.8) is 0 Å². The molecule has 0 aliphatic carbocycles. The van der Waals surface area contributed by atoms with E-state index in [9.17, 15) is 28.2 Å². The van der Waals surface area contributed by atoms with Crippen LogP contribution in [0.3, 0.4) is 0 Å². The minimum atomic E-state index is -4.05. The smallest absolute Gasteiger partial charge is 0.404 e. The van der Waals surface area contributed by atoms with Crippen molar-refractivity contribution in [3.05, 3.63) is 48.0 Å². The van der Waals surface area contributed by atoms with Gasteiger partial charge in [0.2, 0.25) is 22.7 Å². The summed E-state index contributed by atoms with van der Waals surface area (Å²) in [6.45, 7) is 5.53. The maximum atomic E-state index is 13.5. The third-order valence-corrected chi connectivity index (χ3v) is 7.67. The van der Waals surface area contributed by atoms with Crippen LogP contribution in [-0.4, -0.2) is 80.1 Å². The van der Waals surface area contributed by atoms with Gasteiger partial charge in [0.05, 0.1) is 23.6 Å². The molecule has 2 aromatic carbocycles. The second kappa shape index (κ2) is 13.5. The van der Waals surface area contributed by atoms with E-state index in [1.165, 1.54) is 25.1 Å². The van der Waals surface area contributed by atoms with Gasteiger partial charge in [0.25, 0.3) is 0 Å². The Morgan fingerprint density at radius 3 is 2.41 bits per heavy atom. The lowest BCUT2D eigenvalue weighted by Crippen LogP contribution is -2.50. The molecule has 1 aliphatic rings. The quantitative estimate of drug-likeness (QED) is 0.250. The molecule has 0 saturated heterocycles. The number of amides is 2. The van der Waals surface area contributed by atoms with Crippen molar-refractivity contribution in [1.29, 1.82) is 0 Å². The van der Waals surface area contributed by atoms with E-state index < -0.39 is 28.3 Å². The number of ether oxygens (including phenoxy) is 3. The fraction of sp³-hybridized carbons (Fsp3) is 0.462. The largest absolute Gasteiger partial charge is 0.492 e.